The maximum absolute atomic E-state index is 11.2. The zero-order valence-electron chi connectivity index (χ0n) is 8.99. The van der Waals surface area contributed by atoms with Crippen LogP contribution in [0.15, 0.2) is 30.3 Å². The Bertz CT molecular complexity index is 401. The van der Waals surface area contributed by atoms with Gasteiger partial charge in [-0.2, -0.15) is 0 Å². The van der Waals surface area contributed by atoms with Gasteiger partial charge in [0.05, 0.1) is 0 Å². The summed E-state index contributed by atoms with van der Waals surface area (Å²) >= 11 is 0. The van der Waals surface area contributed by atoms with Gasteiger partial charge >= 0.3 is 5.97 Å². The van der Waals surface area contributed by atoms with Crippen LogP contribution in [-0.2, 0) is 9.53 Å². The topological polar surface area (TPSA) is 26.3 Å². The molecule has 2 rings (SSSR count). The Morgan fingerprint density at radius 2 is 1.93 bits per heavy atom. The van der Waals surface area contributed by atoms with Crippen molar-refractivity contribution in [3.63, 3.8) is 0 Å². The lowest BCUT2D eigenvalue weighted by Crippen LogP contribution is -2.18. The lowest BCUT2D eigenvalue weighted by Gasteiger charge is -2.19. The Labute approximate surface area is 89.6 Å². The van der Waals surface area contributed by atoms with E-state index in [4.69, 9.17) is 4.74 Å². The van der Waals surface area contributed by atoms with Crippen LogP contribution >= 0.6 is 0 Å². The smallest absolute Gasteiger partial charge is 0.331 e. The molecule has 0 aromatic heterocycles. The van der Waals surface area contributed by atoms with Gasteiger partial charge in [-0.25, -0.2) is 4.79 Å². The van der Waals surface area contributed by atoms with Gasteiger partial charge in [0.1, 0.15) is 6.10 Å². The van der Waals surface area contributed by atoms with Crippen molar-refractivity contribution in [3.05, 3.63) is 41.5 Å². The summed E-state index contributed by atoms with van der Waals surface area (Å²) in [7, 11) is 0. The van der Waals surface area contributed by atoms with Crippen molar-refractivity contribution >= 4 is 11.5 Å². The van der Waals surface area contributed by atoms with Gasteiger partial charge in [-0.15, -0.1) is 0 Å². The van der Waals surface area contributed by atoms with E-state index in [1.165, 1.54) is 5.56 Å². The molecule has 0 radical (unpaired) electrons. The average molecular weight is 202 g/mol. The molecule has 0 fully saturated rings. The van der Waals surface area contributed by atoms with Gasteiger partial charge in [-0.05, 0) is 25.0 Å². The number of rotatable bonds is 1. The molecule has 2 nitrogen and oxygen atoms in total. The van der Waals surface area contributed by atoms with Crippen molar-refractivity contribution in [1.29, 1.82) is 0 Å². The van der Waals surface area contributed by atoms with Crippen molar-refractivity contribution in [2.75, 3.05) is 0 Å². The summed E-state index contributed by atoms with van der Waals surface area (Å²) in [5.74, 6) is -0.232. The van der Waals surface area contributed by atoms with E-state index in [1.807, 2.05) is 19.1 Å². The van der Waals surface area contributed by atoms with Crippen LogP contribution in [0.1, 0.15) is 24.5 Å². The van der Waals surface area contributed by atoms with E-state index in [0.29, 0.717) is 0 Å². The summed E-state index contributed by atoms with van der Waals surface area (Å²) < 4.78 is 5.05. The number of aryl methyl sites for hydroxylation is 1. The number of benzene rings is 1. The number of esters is 1. The predicted octanol–water partition coefficient (Wildman–Crippen LogP) is 2.71. The molecule has 1 aromatic rings. The summed E-state index contributed by atoms with van der Waals surface area (Å²) in [6, 6.07) is 8.21. The molecule has 0 aliphatic carbocycles. The van der Waals surface area contributed by atoms with Gasteiger partial charge in [-0.3, -0.25) is 0 Å². The third-order valence-corrected chi connectivity index (χ3v) is 2.54. The van der Waals surface area contributed by atoms with Gasteiger partial charge in [-0.1, -0.05) is 29.8 Å². The molecule has 1 aliphatic rings. The fourth-order valence-corrected chi connectivity index (χ4v) is 1.75. The molecule has 78 valence electrons. The molecule has 0 saturated heterocycles. The second-order valence-electron chi connectivity index (χ2n) is 3.99. The van der Waals surface area contributed by atoms with Crippen LogP contribution in [-0.4, -0.2) is 12.1 Å². The summed E-state index contributed by atoms with van der Waals surface area (Å²) in [6.45, 7) is 3.97. The van der Waals surface area contributed by atoms with Crippen LogP contribution < -0.4 is 0 Å². The summed E-state index contributed by atoms with van der Waals surface area (Å²) in [5, 5.41) is 0. The SMILES string of the molecule is Cc1ccc(C2=CC(=O)OC(C)C2)cc1. The normalized spacial score (nSPS) is 20.8. The number of hydrogen-bond acceptors (Lipinski definition) is 2. The molecule has 0 amide bonds. The molecular formula is C13H14O2. The average Bonchev–Trinajstić information content (AvgIpc) is 2.17. The molecule has 15 heavy (non-hydrogen) atoms. The van der Waals surface area contributed by atoms with E-state index in [1.54, 1.807) is 6.08 Å². The lowest BCUT2D eigenvalue weighted by atomic mass is 9.97. The van der Waals surface area contributed by atoms with Crippen LogP contribution in [0.2, 0.25) is 0 Å². The lowest BCUT2D eigenvalue weighted by molar-refractivity contribution is -0.142. The minimum Gasteiger partial charge on any atom is -0.459 e. The van der Waals surface area contributed by atoms with Gasteiger partial charge in [0.25, 0.3) is 0 Å². The first kappa shape index (κ1) is 9.97. The number of cyclic esters (lactones) is 1. The van der Waals surface area contributed by atoms with E-state index in [9.17, 15) is 4.79 Å². The largest absolute Gasteiger partial charge is 0.459 e. The van der Waals surface area contributed by atoms with Crippen molar-refractivity contribution in [2.45, 2.75) is 26.4 Å². The highest BCUT2D eigenvalue weighted by molar-refractivity contribution is 5.93. The molecular weight excluding hydrogens is 188 g/mol. The Kier molecular flexibility index (Phi) is 2.58. The van der Waals surface area contributed by atoms with Crippen molar-refractivity contribution in [1.82, 2.24) is 0 Å². The van der Waals surface area contributed by atoms with Gasteiger partial charge in [0.2, 0.25) is 0 Å². The maximum atomic E-state index is 11.2. The molecule has 2 heteroatoms. The van der Waals surface area contributed by atoms with Gasteiger partial charge < -0.3 is 4.74 Å². The highest BCUT2D eigenvalue weighted by atomic mass is 16.5. The molecule has 1 unspecified atom stereocenters. The third kappa shape index (κ3) is 2.27. The standard InChI is InChI=1S/C13H14O2/c1-9-3-5-11(6-4-9)12-7-10(2)15-13(14)8-12/h3-6,8,10H,7H2,1-2H3. The number of hydrogen-bond donors (Lipinski definition) is 0. The Morgan fingerprint density at radius 3 is 2.53 bits per heavy atom. The van der Waals surface area contributed by atoms with E-state index in [2.05, 4.69) is 19.1 Å². The zero-order chi connectivity index (χ0) is 10.8. The van der Waals surface area contributed by atoms with Crippen molar-refractivity contribution in [3.8, 4) is 0 Å². The predicted molar refractivity (Wildman–Crippen MR) is 59.3 cm³/mol. The van der Waals surface area contributed by atoms with Crippen LogP contribution in [0.25, 0.3) is 5.57 Å². The second-order valence-corrected chi connectivity index (χ2v) is 3.99. The summed E-state index contributed by atoms with van der Waals surface area (Å²) in [6.07, 6.45) is 2.37. The molecule has 1 aromatic carbocycles. The monoisotopic (exact) mass is 202 g/mol. The molecule has 1 aliphatic heterocycles. The van der Waals surface area contributed by atoms with Gasteiger partial charge in [0, 0.05) is 12.5 Å². The van der Waals surface area contributed by atoms with Crippen molar-refractivity contribution < 1.29 is 9.53 Å². The minimum absolute atomic E-state index is 0.0150. The maximum Gasteiger partial charge on any atom is 0.331 e. The molecule has 0 spiro atoms. The van der Waals surface area contributed by atoms with E-state index < -0.39 is 0 Å². The van der Waals surface area contributed by atoms with Crippen LogP contribution in [0.4, 0.5) is 0 Å². The van der Waals surface area contributed by atoms with E-state index in [0.717, 1.165) is 17.6 Å². The second kappa shape index (κ2) is 3.89. The molecule has 0 N–H and O–H groups in total. The fraction of sp³-hybridized carbons (Fsp3) is 0.308. The van der Waals surface area contributed by atoms with Crippen molar-refractivity contribution in [2.24, 2.45) is 0 Å². The molecule has 1 atom stereocenters. The highest BCUT2D eigenvalue weighted by Crippen LogP contribution is 2.25. The Balaban J connectivity index is 2.30. The Hall–Kier alpha value is -1.57. The van der Waals surface area contributed by atoms with Crippen LogP contribution in [0.3, 0.4) is 0 Å². The van der Waals surface area contributed by atoms with Crippen LogP contribution in [0.5, 0.6) is 0 Å². The first-order valence-electron chi connectivity index (χ1n) is 5.13. The minimum atomic E-state index is -0.232. The van der Waals surface area contributed by atoms with Gasteiger partial charge in [0.15, 0.2) is 0 Å². The van der Waals surface area contributed by atoms with E-state index in [-0.39, 0.29) is 12.1 Å². The summed E-state index contributed by atoms with van der Waals surface area (Å²) in [5.41, 5.74) is 3.41. The third-order valence-electron chi connectivity index (χ3n) is 2.54. The first-order valence-corrected chi connectivity index (χ1v) is 5.13. The number of ether oxygens (including phenoxy) is 1. The fourth-order valence-electron chi connectivity index (χ4n) is 1.75. The zero-order valence-corrected chi connectivity index (χ0v) is 8.99. The number of carbonyl (C=O) groups excluding carboxylic acids is 1. The highest BCUT2D eigenvalue weighted by Gasteiger charge is 2.18. The molecule has 0 saturated carbocycles. The quantitative estimate of drug-likeness (QED) is 0.654. The first-order chi connectivity index (χ1) is 7.15. The Morgan fingerprint density at radius 1 is 1.27 bits per heavy atom. The van der Waals surface area contributed by atoms with Crippen LogP contribution in [0, 0.1) is 6.92 Å². The molecule has 0 bridgehead atoms. The van der Waals surface area contributed by atoms with E-state index >= 15 is 0 Å². The number of carbonyl (C=O) groups is 1. The summed E-state index contributed by atoms with van der Waals surface area (Å²) in [4.78, 5) is 11.2. The molecule has 1 heterocycles.